The Morgan fingerprint density at radius 1 is 1.09 bits per heavy atom. The summed E-state index contributed by atoms with van der Waals surface area (Å²) in [5, 5.41) is 11.9. The van der Waals surface area contributed by atoms with Gasteiger partial charge in [0, 0.05) is 24.7 Å². The maximum atomic E-state index is 11.7. The average molecular weight is 337 g/mol. The predicted octanol–water partition coefficient (Wildman–Crippen LogP) is 1.18. The molecule has 0 saturated heterocycles. The maximum absolute atomic E-state index is 11.7. The first kappa shape index (κ1) is 17.3. The Labute approximate surface area is 140 Å². The fraction of sp³-hybridized carbons (Fsp3) is 0.375. The summed E-state index contributed by atoms with van der Waals surface area (Å²) in [7, 11) is 0. The van der Waals surface area contributed by atoms with E-state index < -0.39 is 0 Å². The van der Waals surface area contributed by atoms with Gasteiger partial charge in [0.2, 0.25) is 5.91 Å². The second kappa shape index (κ2) is 9.17. The zero-order valence-electron chi connectivity index (χ0n) is 12.8. The van der Waals surface area contributed by atoms with Crippen LogP contribution in [0.3, 0.4) is 0 Å². The number of nitrogens with one attached hydrogen (secondary N) is 4. The lowest BCUT2D eigenvalue weighted by atomic mass is 10.1. The molecule has 1 aliphatic heterocycles. The quantitative estimate of drug-likeness (QED) is 0.589. The van der Waals surface area contributed by atoms with Gasteiger partial charge in [-0.05, 0) is 30.7 Å². The fourth-order valence-electron chi connectivity index (χ4n) is 2.11. The SMILES string of the molecule is O=C(CNC(=O)NCc1ccc(Cl)cc1)NCC1=CCNCC1. The number of hydrogen-bond acceptors (Lipinski definition) is 3. The summed E-state index contributed by atoms with van der Waals surface area (Å²) >= 11 is 5.79. The molecular weight excluding hydrogens is 316 g/mol. The van der Waals surface area contributed by atoms with Crippen molar-refractivity contribution in [2.75, 3.05) is 26.2 Å². The third-order valence-electron chi connectivity index (χ3n) is 3.45. The van der Waals surface area contributed by atoms with Crippen molar-refractivity contribution in [3.05, 3.63) is 46.5 Å². The smallest absolute Gasteiger partial charge is 0.315 e. The molecule has 0 unspecified atom stereocenters. The first-order valence-corrected chi connectivity index (χ1v) is 7.93. The topological polar surface area (TPSA) is 82.3 Å². The van der Waals surface area contributed by atoms with Crippen molar-refractivity contribution in [2.24, 2.45) is 0 Å². The normalized spacial score (nSPS) is 13.9. The van der Waals surface area contributed by atoms with Gasteiger partial charge in [-0.2, -0.15) is 0 Å². The number of benzene rings is 1. The van der Waals surface area contributed by atoms with Crippen molar-refractivity contribution in [2.45, 2.75) is 13.0 Å². The first-order valence-electron chi connectivity index (χ1n) is 7.55. The Morgan fingerprint density at radius 3 is 2.57 bits per heavy atom. The standard InChI is InChI=1S/C16H21ClN4O2/c17-14-3-1-12(2-4-14)10-20-16(23)21-11-15(22)19-9-13-5-7-18-8-6-13/h1-5,18H,6-11H2,(H,19,22)(H2,20,21,23). The highest BCUT2D eigenvalue weighted by atomic mass is 35.5. The molecule has 0 aromatic heterocycles. The number of carbonyl (C=O) groups excluding carboxylic acids is 2. The van der Waals surface area contributed by atoms with Gasteiger partial charge in [-0.25, -0.2) is 4.79 Å². The Kier molecular flexibility index (Phi) is 6.90. The van der Waals surface area contributed by atoms with E-state index in [4.69, 9.17) is 11.6 Å². The molecule has 0 radical (unpaired) electrons. The van der Waals surface area contributed by atoms with Crippen LogP contribution in [-0.2, 0) is 11.3 Å². The monoisotopic (exact) mass is 336 g/mol. The summed E-state index contributed by atoms with van der Waals surface area (Å²) in [6.45, 7) is 2.65. The molecule has 0 aliphatic carbocycles. The lowest BCUT2D eigenvalue weighted by Crippen LogP contribution is -2.42. The van der Waals surface area contributed by atoms with Crippen molar-refractivity contribution in [3.63, 3.8) is 0 Å². The Balaban J connectivity index is 1.60. The van der Waals surface area contributed by atoms with Gasteiger partial charge in [0.25, 0.3) is 0 Å². The largest absolute Gasteiger partial charge is 0.351 e. The lowest BCUT2D eigenvalue weighted by molar-refractivity contribution is -0.119. The van der Waals surface area contributed by atoms with Gasteiger partial charge < -0.3 is 21.3 Å². The van der Waals surface area contributed by atoms with Crippen molar-refractivity contribution in [1.82, 2.24) is 21.3 Å². The molecule has 0 spiro atoms. The molecule has 1 aliphatic rings. The highest BCUT2D eigenvalue weighted by Gasteiger charge is 2.07. The Bertz CT molecular complexity index is 572. The summed E-state index contributed by atoms with van der Waals surface area (Å²) in [4.78, 5) is 23.3. The van der Waals surface area contributed by atoms with Gasteiger partial charge in [-0.3, -0.25) is 4.79 Å². The van der Waals surface area contributed by atoms with Crippen LogP contribution in [0.1, 0.15) is 12.0 Å². The number of hydrogen-bond donors (Lipinski definition) is 4. The summed E-state index contributed by atoms with van der Waals surface area (Å²) in [6, 6.07) is 6.82. The number of urea groups is 1. The second-order valence-electron chi connectivity index (χ2n) is 5.26. The van der Waals surface area contributed by atoms with E-state index in [1.807, 2.05) is 12.1 Å². The van der Waals surface area contributed by atoms with Gasteiger partial charge >= 0.3 is 6.03 Å². The summed E-state index contributed by atoms with van der Waals surface area (Å²) in [5.74, 6) is -0.203. The van der Waals surface area contributed by atoms with E-state index in [1.165, 1.54) is 5.57 Å². The van der Waals surface area contributed by atoms with Crippen LogP contribution in [0, 0.1) is 0 Å². The second-order valence-corrected chi connectivity index (χ2v) is 5.69. The fourth-order valence-corrected chi connectivity index (χ4v) is 2.24. The minimum absolute atomic E-state index is 0.0437. The molecule has 0 saturated carbocycles. The molecule has 6 nitrogen and oxygen atoms in total. The van der Waals surface area contributed by atoms with E-state index in [9.17, 15) is 9.59 Å². The molecule has 3 amide bonds. The summed E-state index contributed by atoms with van der Waals surface area (Å²) in [6.07, 6.45) is 3.02. The number of amides is 3. The molecule has 124 valence electrons. The molecule has 1 heterocycles. The van der Waals surface area contributed by atoms with Gasteiger partial charge in [-0.15, -0.1) is 0 Å². The van der Waals surface area contributed by atoms with Crippen LogP contribution >= 0.6 is 11.6 Å². The third kappa shape index (κ3) is 6.71. The van der Waals surface area contributed by atoms with E-state index in [1.54, 1.807) is 12.1 Å². The number of halogens is 1. The summed E-state index contributed by atoms with van der Waals surface area (Å²) in [5.41, 5.74) is 2.15. The average Bonchev–Trinajstić information content (AvgIpc) is 2.58. The van der Waals surface area contributed by atoms with Crippen LogP contribution < -0.4 is 21.3 Å². The number of rotatable bonds is 6. The van der Waals surface area contributed by atoms with Crippen LogP contribution in [0.25, 0.3) is 0 Å². The van der Waals surface area contributed by atoms with Crippen LogP contribution in [0.15, 0.2) is 35.9 Å². The molecule has 0 bridgehead atoms. The van der Waals surface area contributed by atoms with Crippen molar-refractivity contribution < 1.29 is 9.59 Å². The predicted molar refractivity (Wildman–Crippen MR) is 90.3 cm³/mol. The molecular formula is C16H21ClN4O2. The van der Waals surface area contributed by atoms with E-state index >= 15 is 0 Å². The highest BCUT2D eigenvalue weighted by molar-refractivity contribution is 6.30. The molecule has 4 N–H and O–H groups in total. The van der Waals surface area contributed by atoms with Crippen LogP contribution in [0.2, 0.25) is 5.02 Å². The maximum Gasteiger partial charge on any atom is 0.315 e. The van der Waals surface area contributed by atoms with E-state index in [0.29, 0.717) is 18.1 Å². The van der Waals surface area contributed by atoms with Crippen LogP contribution in [-0.4, -0.2) is 38.1 Å². The highest BCUT2D eigenvalue weighted by Crippen LogP contribution is 2.08. The minimum atomic E-state index is -0.379. The van der Waals surface area contributed by atoms with Gasteiger partial charge in [0.1, 0.15) is 0 Å². The molecule has 0 fully saturated rings. The Morgan fingerprint density at radius 2 is 1.87 bits per heavy atom. The molecule has 0 atom stereocenters. The van der Waals surface area contributed by atoms with Crippen LogP contribution in [0.4, 0.5) is 4.79 Å². The van der Waals surface area contributed by atoms with Crippen molar-refractivity contribution in [1.29, 1.82) is 0 Å². The van der Waals surface area contributed by atoms with Gasteiger partial charge in [-0.1, -0.05) is 35.4 Å². The van der Waals surface area contributed by atoms with E-state index in [0.717, 1.165) is 25.1 Å². The lowest BCUT2D eigenvalue weighted by Gasteiger charge is -2.14. The third-order valence-corrected chi connectivity index (χ3v) is 3.70. The molecule has 1 aromatic carbocycles. The van der Waals surface area contributed by atoms with E-state index in [2.05, 4.69) is 27.3 Å². The van der Waals surface area contributed by atoms with Crippen LogP contribution in [0.5, 0.6) is 0 Å². The minimum Gasteiger partial charge on any atom is -0.351 e. The van der Waals surface area contributed by atoms with Gasteiger partial charge in [0.05, 0.1) is 6.54 Å². The van der Waals surface area contributed by atoms with E-state index in [-0.39, 0.29) is 18.5 Å². The summed E-state index contributed by atoms with van der Waals surface area (Å²) < 4.78 is 0. The Hall–Kier alpha value is -2.05. The molecule has 1 aromatic rings. The molecule has 23 heavy (non-hydrogen) atoms. The van der Waals surface area contributed by atoms with Crippen molar-refractivity contribution in [3.8, 4) is 0 Å². The zero-order valence-corrected chi connectivity index (χ0v) is 13.6. The zero-order chi connectivity index (χ0) is 16.5. The first-order chi connectivity index (χ1) is 11.1. The molecule has 2 rings (SSSR count). The van der Waals surface area contributed by atoms with Crippen molar-refractivity contribution >= 4 is 23.5 Å². The van der Waals surface area contributed by atoms with Gasteiger partial charge in [0.15, 0.2) is 0 Å². The number of carbonyl (C=O) groups is 2. The molecule has 7 heteroatoms.